The van der Waals surface area contributed by atoms with Gasteiger partial charge in [0, 0.05) is 20.6 Å². The number of carbonyl (C=O) groups excluding carboxylic acids is 3. The Labute approximate surface area is 178 Å². The number of likely N-dealkylation sites (tertiary alicyclic amines) is 2. The van der Waals surface area contributed by atoms with Gasteiger partial charge < -0.3 is 15.0 Å². The molecule has 0 bridgehead atoms. The summed E-state index contributed by atoms with van der Waals surface area (Å²) in [6.45, 7) is 4.49. The lowest BCUT2D eigenvalue weighted by atomic mass is 9.85. The second kappa shape index (κ2) is 9.32. The minimum atomic E-state index is -1.09. The van der Waals surface area contributed by atoms with Crippen LogP contribution in [0, 0.1) is 5.92 Å². The number of rotatable bonds is 5. The highest BCUT2D eigenvalue weighted by atomic mass is 16.6. The van der Waals surface area contributed by atoms with Crippen molar-refractivity contribution in [1.29, 1.82) is 0 Å². The molecule has 7 heteroatoms. The molecule has 1 N–H and O–H groups in total. The van der Waals surface area contributed by atoms with E-state index in [2.05, 4.69) is 11.9 Å². The molecule has 3 rings (SSSR count). The Morgan fingerprint density at radius 3 is 2.70 bits per heavy atom. The average Bonchev–Trinajstić information content (AvgIpc) is 3.05. The van der Waals surface area contributed by atoms with Crippen LogP contribution < -0.4 is 5.32 Å². The van der Waals surface area contributed by atoms with Crippen LogP contribution in [0.15, 0.2) is 43.0 Å². The van der Waals surface area contributed by atoms with Crippen LogP contribution in [0.2, 0.25) is 0 Å². The molecule has 2 aliphatic rings. The minimum absolute atomic E-state index is 0.118. The Kier molecular flexibility index (Phi) is 6.80. The lowest BCUT2D eigenvalue weighted by molar-refractivity contribution is -0.141. The molecule has 3 amide bonds. The Balaban J connectivity index is 2.12. The van der Waals surface area contributed by atoms with E-state index in [-0.39, 0.29) is 24.8 Å². The molecule has 2 fully saturated rings. The molecule has 1 spiro atoms. The smallest absolute Gasteiger partial charge is 0.411 e. The maximum absolute atomic E-state index is 13.6. The molecule has 0 unspecified atom stereocenters. The number of amides is 3. The summed E-state index contributed by atoms with van der Waals surface area (Å²) in [5.74, 6) is -0.836. The van der Waals surface area contributed by atoms with Crippen LogP contribution in [0.1, 0.15) is 43.7 Å². The largest absolute Gasteiger partial charge is 0.449 e. The molecule has 0 aromatic heterocycles. The third-order valence-corrected chi connectivity index (χ3v) is 6.23. The summed E-state index contributed by atoms with van der Waals surface area (Å²) < 4.78 is 5.55. The van der Waals surface area contributed by atoms with Crippen LogP contribution in [0.4, 0.5) is 4.79 Å². The monoisotopic (exact) mass is 413 g/mol. The first-order valence-electron chi connectivity index (χ1n) is 10.6. The summed E-state index contributed by atoms with van der Waals surface area (Å²) in [4.78, 5) is 43.1. The van der Waals surface area contributed by atoms with E-state index in [9.17, 15) is 14.4 Å². The number of hydrogen-bond acceptors (Lipinski definition) is 4. The van der Waals surface area contributed by atoms with Crippen molar-refractivity contribution in [2.24, 2.45) is 5.92 Å². The lowest BCUT2D eigenvalue weighted by Crippen LogP contribution is -2.57. The second-order valence-corrected chi connectivity index (χ2v) is 8.06. The van der Waals surface area contributed by atoms with Crippen molar-refractivity contribution in [2.45, 2.75) is 43.7 Å². The fourth-order valence-corrected chi connectivity index (χ4v) is 4.80. The molecule has 7 nitrogen and oxygen atoms in total. The molecule has 30 heavy (non-hydrogen) atoms. The van der Waals surface area contributed by atoms with E-state index in [0.717, 1.165) is 18.4 Å². The third-order valence-electron chi connectivity index (χ3n) is 6.23. The molecule has 2 aliphatic heterocycles. The fourth-order valence-electron chi connectivity index (χ4n) is 4.80. The molecule has 0 saturated carbocycles. The first-order chi connectivity index (χ1) is 14.5. The van der Waals surface area contributed by atoms with E-state index in [1.54, 1.807) is 30.0 Å². The highest BCUT2D eigenvalue weighted by molar-refractivity contribution is 5.93. The molecule has 3 atom stereocenters. The zero-order valence-corrected chi connectivity index (χ0v) is 17.8. The van der Waals surface area contributed by atoms with Crippen molar-refractivity contribution in [1.82, 2.24) is 15.1 Å². The zero-order chi connectivity index (χ0) is 21.7. The van der Waals surface area contributed by atoms with Gasteiger partial charge in [-0.3, -0.25) is 14.5 Å². The molecule has 0 radical (unpaired) electrons. The Bertz CT molecular complexity index is 797. The highest BCUT2D eigenvalue weighted by Gasteiger charge is 2.61. The zero-order valence-electron chi connectivity index (χ0n) is 17.8. The molecular formula is C23H31N3O4. The van der Waals surface area contributed by atoms with Crippen molar-refractivity contribution < 1.29 is 19.1 Å². The molecule has 162 valence electrons. The van der Waals surface area contributed by atoms with Crippen LogP contribution in [-0.2, 0) is 14.3 Å². The van der Waals surface area contributed by atoms with Crippen molar-refractivity contribution in [3.63, 3.8) is 0 Å². The van der Waals surface area contributed by atoms with Crippen molar-refractivity contribution in [3.8, 4) is 0 Å². The maximum atomic E-state index is 13.6. The second-order valence-electron chi connectivity index (χ2n) is 8.06. The summed E-state index contributed by atoms with van der Waals surface area (Å²) in [6, 6.07) is 8.87. The van der Waals surface area contributed by atoms with Crippen LogP contribution in [0.3, 0.4) is 0 Å². The number of nitrogens with one attached hydrogen (secondary N) is 1. The van der Waals surface area contributed by atoms with E-state index >= 15 is 0 Å². The number of nitrogens with zero attached hydrogens (tertiary/aromatic N) is 2. The maximum Gasteiger partial charge on any atom is 0.411 e. The molecule has 1 aromatic rings. The minimum Gasteiger partial charge on any atom is -0.449 e. The van der Waals surface area contributed by atoms with Gasteiger partial charge in [0.2, 0.25) is 11.8 Å². The number of ether oxygens (including phenoxy) is 1. The van der Waals surface area contributed by atoms with E-state index < -0.39 is 23.6 Å². The predicted octanol–water partition coefficient (Wildman–Crippen LogP) is 2.89. The Morgan fingerprint density at radius 2 is 2.03 bits per heavy atom. The van der Waals surface area contributed by atoms with Crippen LogP contribution in [0.5, 0.6) is 0 Å². The molecule has 0 aliphatic carbocycles. The molecular weight excluding hydrogens is 382 g/mol. The molecule has 1 aromatic carbocycles. The first-order valence-corrected chi connectivity index (χ1v) is 10.6. The van der Waals surface area contributed by atoms with Crippen molar-refractivity contribution >= 4 is 17.9 Å². The van der Waals surface area contributed by atoms with Gasteiger partial charge in [0.15, 0.2) is 0 Å². The van der Waals surface area contributed by atoms with Gasteiger partial charge in [0.25, 0.3) is 0 Å². The van der Waals surface area contributed by atoms with Gasteiger partial charge in [0.1, 0.15) is 5.54 Å². The van der Waals surface area contributed by atoms with Gasteiger partial charge in [-0.2, -0.15) is 0 Å². The average molecular weight is 414 g/mol. The highest BCUT2D eigenvalue weighted by Crippen LogP contribution is 2.51. The SMILES string of the molecule is C=CCCOC(=O)N1[C@@H](c2ccccc2)[C@@H](C(=O)NC)C[C@]12CCCCN(C)C2=O. The third kappa shape index (κ3) is 3.93. The summed E-state index contributed by atoms with van der Waals surface area (Å²) in [5.41, 5.74) is -0.267. The van der Waals surface area contributed by atoms with Gasteiger partial charge in [-0.05, 0) is 37.7 Å². The van der Waals surface area contributed by atoms with Crippen molar-refractivity contribution in [3.05, 3.63) is 48.6 Å². The number of benzene rings is 1. The van der Waals surface area contributed by atoms with Crippen LogP contribution in [-0.4, -0.2) is 60.5 Å². The molecule has 2 heterocycles. The molecule has 2 saturated heterocycles. The van der Waals surface area contributed by atoms with E-state index in [4.69, 9.17) is 4.74 Å². The van der Waals surface area contributed by atoms with Gasteiger partial charge in [0.05, 0.1) is 18.6 Å². The Hall–Kier alpha value is -2.83. The number of carbonyl (C=O) groups is 3. The normalized spacial score (nSPS) is 26.4. The quantitative estimate of drug-likeness (QED) is 0.595. The lowest BCUT2D eigenvalue weighted by Gasteiger charge is -2.40. The summed E-state index contributed by atoms with van der Waals surface area (Å²) in [6.07, 6.45) is 4.11. The fraction of sp³-hybridized carbons (Fsp3) is 0.522. The van der Waals surface area contributed by atoms with Gasteiger partial charge in [-0.15, -0.1) is 6.58 Å². The summed E-state index contributed by atoms with van der Waals surface area (Å²) in [5, 5.41) is 2.73. The summed E-state index contributed by atoms with van der Waals surface area (Å²) in [7, 11) is 3.35. The van der Waals surface area contributed by atoms with E-state index in [1.165, 1.54) is 0 Å². The van der Waals surface area contributed by atoms with E-state index in [1.807, 2.05) is 30.3 Å². The Morgan fingerprint density at radius 1 is 1.30 bits per heavy atom. The predicted molar refractivity (Wildman–Crippen MR) is 114 cm³/mol. The van der Waals surface area contributed by atoms with Gasteiger partial charge >= 0.3 is 6.09 Å². The first kappa shape index (κ1) is 21.9. The van der Waals surface area contributed by atoms with Crippen LogP contribution in [0.25, 0.3) is 0 Å². The standard InChI is InChI=1S/C23H31N3O4/c1-4-5-15-30-22(29)26-19(17-11-7-6-8-12-17)18(20(27)24-2)16-23(26)13-9-10-14-25(3)21(23)28/h4,6-8,11-12,18-19H,1,5,9-10,13-16H2,2-3H3,(H,24,27)/t18-,19-,23-/m0/s1. The van der Waals surface area contributed by atoms with Gasteiger partial charge in [-0.25, -0.2) is 4.79 Å². The number of hydrogen-bond donors (Lipinski definition) is 1. The van der Waals surface area contributed by atoms with Gasteiger partial charge in [-0.1, -0.05) is 36.4 Å². The summed E-state index contributed by atoms with van der Waals surface area (Å²) >= 11 is 0. The van der Waals surface area contributed by atoms with Crippen LogP contribution >= 0.6 is 0 Å². The number of likely N-dealkylation sites (N-methyl/N-ethyl adjacent to an activating group) is 1. The van der Waals surface area contributed by atoms with Crippen molar-refractivity contribution in [2.75, 3.05) is 27.2 Å². The topological polar surface area (TPSA) is 79.0 Å². The van der Waals surface area contributed by atoms with E-state index in [0.29, 0.717) is 19.4 Å².